The number of likely N-dealkylation sites (tertiary alicyclic amines) is 1. The number of carbonyl (C=O) groups excluding carboxylic acids is 1. The first-order valence-electron chi connectivity index (χ1n) is 11.9. The third-order valence-electron chi connectivity index (χ3n) is 7.10. The number of hydrogen-bond acceptors (Lipinski definition) is 8. The number of pyridine rings is 2. The highest BCUT2D eigenvalue weighted by molar-refractivity contribution is 6.31. The third-order valence-corrected chi connectivity index (χ3v) is 7.36. The quantitative estimate of drug-likeness (QED) is 0.519. The smallest absolute Gasteiger partial charge is 0.252 e. The Morgan fingerprint density at radius 3 is 2.63 bits per heavy atom. The van der Waals surface area contributed by atoms with Crippen LogP contribution in [0.4, 0.5) is 0 Å². The van der Waals surface area contributed by atoms with Crippen molar-refractivity contribution in [2.75, 3.05) is 26.2 Å². The Balaban J connectivity index is 1.07. The van der Waals surface area contributed by atoms with Gasteiger partial charge in [0, 0.05) is 36.7 Å². The van der Waals surface area contributed by atoms with E-state index in [0.29, 0.717) is 36.4 Å². The largest absolute Gasteiger partial charge is 0.481 e. The fourth-order valence-corrected chi connectivity index (χ4v) is 5.65. The molecule has 10 nitrogen and oxygen atoms in total. The summed E-state index contributed by atoms with van der Waals surface area (Å²) in [6.07, 6.45) is 2.11. The molecule has 35 heavy (non-hydrogen) atoms. The highest BCUT2D eigenvalue weighted by Gasteiger charge is 2.29. The first kappa shape index (κ1) is 22.4. The van der Waals surface area contributed by atoms with Gasteiger partial charge in [-0.15, -0.1) is 0 Å². The minimum absolute atomic E-state index is 0.0136. The van der Waals surface area contributed by atoms with Crippen LogP contribution in [0, 0.1) is 0 Å². The van der Waals surface area contributed by atoms with E-state index in [1.165, 1.54) is 0 Å². The van der Waals surface area contributed by atoms with Crippen LogP contribution < -0.4 is 21.2 Å². The fraction of sp³-hybridized carbons (Fsp3) is 0.458. The number of halogens is 1. The molecule has 3 aromatic heterocycles. The van der Waals surface area contributed by atoms with E-state index < -0.39 is 0 Å². The highest BCUT2D eigenvalue weighted by Crippen LogP contribution is 2.29. The van der Waals surface area contributed by atoms with E-state index >= 15 is 0 Å². The number of hydrogen-bond donors (Lipinski definition) is 1. The van der Waals surface area contributed by atoms with E-state index in [2.05, 4.69) is 20.2 Å². The van der Waals surface area contributed by atoms with Crippen molar-refractivity contribution in [2.45, 2.75) is 44.4 Å². The SMILES string of the molecule is O=C1COc2c(Cl)nc(CNC3CCN(C[C@@H]4Cn5c(=O)ccc6ccc(=O)n4c65)CC3)nc2C1. The molecule has 0 spiro atoms. The second-order valence-corrected chi connectivity index (χ2v) is 9.78. The zero-order valence-electron chi connectivity index (χ0n) is 19.1. The molecule has 0 amide bonds. The van der Waals surface area contributed by atoms with Crippen molar-refractivity contribution in [3.63, 3.8) is 0 Å². The molecular formula is C24H25ClN6O4. The maximum Gasteiger partial charge on any atom is 0.252 e. The fourth-order valence-electron chi connectivity index (χ4n) is 5.39. The molecule has 1 fully saturated rings. The molecular weight excluding hydrogens is 472 g/mol. The maximum absolute atomic E-state index is 12.6. The molecule has 1 N–H and O–H groups in total. The van der Waals surface area contributed by atoms with Crippen LogP contribution in [-0.4, -0.2) is 62.1 Å². The molecule has 0 aromatic carbocycles. The molecule has 0 aliphatic carbocycles. The molecule has 0 radical (unpaired) electrons. The standard InChI is InChI=1S/C24H25ClN6O4/c25-23-22-18(9-17(32)13-35-22)27-19(28-23)10-26-15-5-7-29(8-6-15)11-16-12-30-20(33)3-1-14-2-4-21(34)31(16)24(14)30/h1-4,15-16,26H,5-13H2/t16-/m1/s1. The van der Waals surface area contributed by atoms with Gasteiger partial charge < -0.3 is 15.0 Å². The van der Waals surface area contributed by atoms with Gasteiger partial charge in [-0.25, -0.2) is 9.97 Å². The summed E-state index contributed by atoms with van der Waals surface area (Å²) in [5, 5.41) is 4.67. The number of carbonyl (C=O) groups is 1. The minimum atomic E-state index is -0.0670. The van der Waals surface area contributed by atoms with Gasteiger partial charge in [0.2, 0.25) is 0 Å². The number of ether oxygens (including phenoxy) is 1. The van der Waals surface area contributed by atoms with Gasteiger partial charge in [-0.1, -0.05) is 11.6 Å². The summed E-state index contributed by atoms with van der Waals surface area (Å²) < 4.78 is 8.87. The lowest BCUT2D eigenvalue weighted by molar-refractivity contribution is -0.121. The summed E-state index contributed by atoms with van der Waals surface area (Å²) in [6, 6.07) is 6.98. The lowest BCUT2D eigenvalue weighted by Crippen LogP contribution is -2.44. The van der Waals surface area contributed by atoms with Crippen LogP contribution in [0.15, 0.2) is 33.9 Å². The number of aromatic nitrogens is 4. The Kier molecular flexibility index (Phi) is 5.66. The number of piperidine rings is 1. The molecule has 0 saturated carbocycles. The van der Waals surface area contributed by atoms with Gasteiger partial charge >= 0.3 is 0 Å². The van der Waals surface area contributed by atoms with Gasteiger partial charge in [-0.2, -0.15) is 0 Å². The van der Waals surface area contributed by atoms with Gasteiger partial charge in [0.15, 0.2) is 16.7 Å². The number of nitrogens with one attached hydrogen (secondary N) is 1. The summed E-state index contributed by atoms with van der Waals surface area (Å²) >= 11 is 6.23. The molecule has 3 aliphatic rings. The second kappa shape index (κ2) is 8.85. The van der Waals surface area contributed by atoms with E-state index in [4.69, 9.17) is 16.3 Å². The van der Waals surface area contributed by atoms with E-state index in [1.54, 1.807) is 33.4 Å². The maximum atomic E-state index is 12.6. The number of Topliss-reactive ketones (excluding diaryl/α,β-unsaturated/α-hetero) is 1. The number of rotatable bonds is 5. The second-order valence-electron chi connectivity index (χ2n) is 9.42. The van der Waals surface area contributed by atoms with Crippen molar-refractivity contribution in [1.29, 1.82) is 0 Å². The van der Waals surface area contributed by atoms with Crippen molar-refractivity contribution in [3.8, 4) is 5.75 Å². The van der Waals surface area contributed by atoms with Crippen LogP contribution in [-0.2, 0) is 24.3 Å². The molecule has 0 unspecified atom stereocenters. The summed E-state index contributed by atoms with van der Waals surface area (Å²) in [5.74, 6) is 0.942. The lowest BCUT2D eigenvalue weighted by atomic mass is 10.0. The van der Waals surface area contributed by atoms with Crippen molar-refractivity contribution >= 4 is 28.4 Å². The van der Waals surface area contributed by atoms with E-state index in [0.717, 1.165) is 43.5 Å². The van der Waals surface area contributed by atoms with Crippen LogP contribution in [0.1, 0.15) is 30.4 Å². The molecule has 0 bridgehead atoms. The van der Waals surface area contributed by atoms with Gasteiger partial charge in [0.05, 0.1) is 24.7 Å². The Morgan fingerprint density at radius 1 is 1.06 bits per heavy atom. The third kappa shape index (κ3) is 4.15. The summed E-state index contributed by atoms with van der Waals surface area (Å²) in [6.45, 7) is 3.50. The molecule has 182 valence electrons. The Labute approximate surface area is 205 Å². The van der Waals surface area contributed by atoms with E-state index in [1.807, 2.05) is 0 Å². The monoisotopic (exact) mass is 496 g/mol. The minimum Gasteiger partial charge on any atom is -0.481 e. The summed E-state index contributed by atoms with van der Waals surface area (Å²) in [7, 11) is 0. The van der Waals surface area contributed by atoms with Crippen LogP contribution in [0.5, 0.6) is 5.75 Å². The average molecular weight is 497 g/mol. The topological polar surface area (TPSA) is 111 Å². The molecule has 3 aliphatic heterocycles. The number of fused-ring (bicyclic) bond motifs is 1. The van der Waals surface area contributed by atoms with Crippen LogP contribution in [0.3, 0.4) is 0 Å². The zero-order valence-corrected chi connectivity index (χ0v) is 19.8. The van der Waals surface area contributed by atoms with Crippen LogP contribution in [0.25, 0.3) is 11.0 Å². The molecule has 6 heterocycles. The van der Waals surface area contributed by atoms with Crippen molar-refractivity contribution in [3.05, 3.63) is 61.6 Å². The summed E-state index contributed by atoms with van der Waals surface area (Å²) in [4.78, 5) is 47.8. The van der Waals surface area contributed by atoms with Gasteiger partial charge in [0.25, 0.3) is 11.1 Å². The first-order chi connectivity index (χ1) is 17.0. The number of nitrogens with zero attached hydrogens (tertiary/aromatic N) is 5. The molecule has 1 atom stereocenters. The molecule has 11 heteroatoms. The zero-order chi connectivity index (χ0) is 24.1. The van der Waals surface area contributed by atoms with E-state index in [9.17, 15) is 14.4 Å². The Morgan fingerprint density at radius 2 is 1.83 bits per heavy atom. The van der Waals surface area contributed by atoms with Gasteiger partial charge in [0.1, 0.15) is 18.1 Å². The summed E-state index contributed by atoms with van der Waals surface area (Å²) in [5.41, 5.74) is 1.14. The molecule has 3 aromatic rings. The lowest BCUT2D eigenvalue weighted by Gasteiger charge is -2.34. The van der Waals surface area contributed by atoms with E-state index in [-0.39, 0.29) is 41.1 Å². The van der Waals surface area contributed by atoms with Gasteiger partial charge in [-0.3, -0.25) is 23.5 Å². The molecule has 1 saturated heterocycles. The van der Waals surface area contributed by atoms with Crippen LogP contribution >= 0.6 is 11.6 Å². The van der Waals surface area contributed by atoms with Crippen molar-refractivity contribution < 1.29 is 9.53 Å². The number of ketones is 1. The highest BCUT2D eigenvalue weighted by atomic mass is 35.5. The average Bonchev–Trinajstić information content (AvgIpc) is 3.23. The Bertz CT molecular complexity index is 1440. The van der Waals surface area contributed by atoms with Crippen LogP contribution in [0.2, 0.25) is 5.15 Å². The molecule has 6 rings (SSSR count). The predicted octanol–water partition coefficient (Wildman–Crippen LogP) is 0.919. The normalized spacial score (nSPS) is 20.3. The van der Waals surface area contributed by atoms with Gasteiger partial charge in [-0.05, 0) is 38.1 Å². The predicted molar refractivity (Wildman–Crippen MR) is 129 cm³/mol. The van der Waals surface area contributed by atoms with Crippen molar-refractivity contribution in [1.82, 2.24) is 29.3 Å². The Hall–Kier alpha value is -3.08. The van der Waals surface area contributed by atoms with Crippen molar-refractivity contribution in [2.24, 2.45) is 0 Å². The first-order valence-corrected chi connectivity index (χ1v) is 12.2.